The smallest absolute Gasteiger partial charge is 0.416 e. The lowest BCUT2D eigenvalue weighted by atomic mass is 10.0. The third kappa shape index (κ3) is 2.83. The summed E-state index contributed by atoms with van der Waals surface area (Å²) in [5, 5.41) is 9.54. The molecule has 2 aromatic rings. The summed E-state index contributed by atoms with van der Waals surface area (Å²) in [6, 6.07) is 4.68. The van der Waals surface area contributed by atoms with Crippen LogP contribution < -0.4 is 0 Å². The summed E-state index contributed by atoms with van der Waals surface area (Å²) >= 11 is 0. The van der Waals surface area contributed by atoms with Crippen LogP contribution in [0.25, 0.3) is 11.1 Å². The lowest BCUT2D eigenvalue weighted by Gasteiger charge is -2.10. The first-order valence-corrected chi connectivity index (χ1v) is 5.14. The van der Waals surface area contributed by atoms with Gasteiger partial charge < -0.3 is 5.11 Å². The van der Waals surface area contributed by atoms with Gasteiger partial charge in [-0.05, 0) is 29.8 Å². The molecular weight excluding hydrogens is 267 g/mol. The Kier molecular flexibility index (Phi) is 3.18. The van der Waals surface area contributed by atoms with E-state index in [9.17, 15) is 27.1 Å². The zero-order valence-corrected chi connectivity index (χ0v) is 9.30. The normalized spacial score (nSPS) is 11.6. The van der Waals surface area contributed by atoms with Crippen LogP contribution in [0.2, 0.25) is 0 Å². The topological polar surface area (TPSA) is 20.2 Å². The molecule has 2 rings (SSSR count). The van der Waals surface area contributed by atoms with Gasteiger partial charge in [0.05, 0.1) is 5.56 Å². The summed E-state index contributed by atoms with van der Waals surface area (Å²) in [5.74, 6) is -2.46. The van der Waals surface area contributed by atoms with Crippen LogP contribution in [-0.2, 0) is 6.18 Å². The average Bonchev–Trinajstić information content (AvgIpc) is 2.26. The van der Waals surface area contributed by atoms with Crippen LogP contribution in [0, 0.1) is 11.6 Å². The van der Waals surface area contributed by atoms with E-state index in [1.807, 2.05) is 0 Å². The number of rotatable bonds is 1. The van der Waals surface area contributed by atoms with E-state index in [-0.39, 0.29) is 11.1 Å². The molecule has 100 valence electrons. The first kappa shape index (κ1) is 13.3. The van der Waals surface area contributed by atoms with Gasteiger partial charge in [0.25, 0.3) is 0 Å². The first-order valence-electron chi connectivity index (χ1n) is 5.14. The van der Waals surface area contributed by atoms with Crippen LogP contribution >= 0.6 is 0 Å². The van der Waals surface area contributed by atoms with Gasteiger partial charge in [0.15, 0.2) is 0 Å². The van der Waals surface area contributed by atoms with Crippen LogP contribution in [0.1, 0.15) is 5.56 Å². The molecule has 0 amide bonds. The highest BCUT2D eigenvalue weighted by molar-refractivity contribution is 5.70. The van der Waals surface area contributed by atoms with Gasteiger partial charge in [-0.1, -0.05) is 6.07 Å². The molecule has 1 N–H and O–H groups in total. The minimum atomic E-state index is -4.59. The van der Waals surface area contributed by atoms with Gasteiger partial charge >= 0.3 is 6.18 Å². The number of hydrogen-bond donors (Lipinski definition) is 1. The van der Waals surface area contributed by atoms with E-state index in [1.165, 1.54) is 0 Å². The molecule has 0 saturated carbocycles. The molecule has 0 aromatic heterocycles. The molecule has 1 nitrogen and oxygen atoms in total. The molecule has 6 heteroatoms. The number of hydrogen-bond acceptors (Lipinski definition) is 1. The predicted molar refractivity (Wildman–Crippen MR) is 58.5 cm³/mol. The van der Waals surface area contributed by atoms with Gasteiger partial charge in [-0.25, -0.2) is 8.78 Å². The largest absolute Gasteiger partial charge is 0.507 e. The maximum absolute atomic E-state index is 13.0. The number of alkyl halides is 3. The first-order chi connectivity index (χ1) is 8.77. The standard InChI is InChI=1S/C13H7F5O/c14-9-3-7(4-10(15)6-9)11-2-1-8(5-12(11)19)13(16,17)18/h1-6,19H. The highest BCUT2D eigenvalue weighted by atomic mass is 19.4. The molecule has 0 aliphatic carbocycles. The van der Waals surface area contributed by atoms with E-state index in [1.54, 1.807) is 0 Å². The Morgan fingerprint density at radius 2 is 1.42 bits per heavy atom. The maximum Gasteiger partial charge on any atom is 0.416 e. The highest BCUT2D eigenvalue weighted by Gasteiger charge is 2.31. The average molecular weight is 274 g/mol. The molecule has 0 spiro atoms. The van der Waals surface area contributed by atoms with Crippen LogP contribution in [0.15, 0.2) is 36.4 Å². The molecule has 0 atom stereocenters. The molecular formula is C13H7F5O. The van der Waals surface area contributed by atoms with Crippen LogP contribution in [0.5, 0.6) is 5.75 Å². The Morgan fingerprint density at radius 1 is 0.842 bits per heavy atom. The van der Waals surface area contributed by atoms with E-state index in [4.69, 9.17) is 0 Å². The summed E-state index contributed by atoms with van der Waals surface area (Å²) in [7, 11) is 0. The third-order valence-corrected chi connectivity index (χ3v) is 2.50. The summed E-state index contributed by atoms with van der Waals surface area (Å²) in [4.78, 5) is 0. The van der Waals surface area contributed by atoms with Crippen molar-refractivity contribution in [3.05, 3.63) is 53.6 Å². The van der Waals surface area contributed by atoms with Crippen molar-refractivity contribution in [1.29, 1.82) is 0 Å². The monoisotopic (exact) mass is 274 g/mol. The number of aromatic hydroxyl groups is 1. The molecule has 0 aliphatic rings. The minimum absolute atomic E-state index is 0.0382. The quantitative estimate of drug-likeness (QED) is 0.766. The van der Waals surface area contributed by atoms with Gasteiger partial charge in [-0.15, -0.1) is 0 Å². The second-order valence-corrected chi connectivity index (χ2v) is 3.89. The van der Waals surface area contributed by atoms with Crippen molar-refractivity contribution in [2.45, 2.75) is 6.18 Å². The molecule has 0 fully saturated rings. The van der Waals surface area contributed by atoms with Crippen LogP contribution in [0.3, 0.4) is 0 Å². The fraction of sp³-hybridized carbons (Fsp3) is 0.0769. The number of phenolic OH excluding ortho intramolecular Hbond substituents is 1. The Labute approximate surface area is 104 Å². The summed E-state index contributed by atoms with van der Waals surface area (Å²) < 4.78 is 63.2. The Bertz CT molecular complexity index is 599. The van der Waals surface area contributed by atoms with E-state index >= 15 is 0 Å². The highest BCUT2D eigenvalue weighted by Crippen LogP contribution is 2.36. The lowest BCUT2D eigenvalue weighted by molar-refractivity contribution is -0.137. The van der Waals surface area contributed by atoms with E-state index in [0.29, 0.717) is 12.1 Å². The second kappa shape index (κ2) is 4.53. The fourth-order valence-electron chi connectivity index (χ4n) is 1.66. The molecule has 0 heterocycles. The number of halogens is 5. The Hall–Kier alpha value is -2.11. The third-order valence-electron chi connectivity index (χ3n) is 2.50. The Balaban J connectivity index is 2.52. The number of phenols is 1. The van der Waals surface area contributed by atoms with E-state index < -0.39 is 29.1 Å². The van der Waals surface area contributed by atoms with Crippen molar-refractivity contribution in [2.24, 2.45) is 0 Å². The minimum Gasteiger partial charge on any atom is -0.507 e. The van der Waals surface area contributed by atoms with Crippen LogP contribution in [0.4, 0.5) is 22.0 Å². The maximum atomic E-state index is 13.0. The number of benzene rings is 2. The van der Waals surface area contributed by atoms with Gasteiger partial charge in [0.1, 0.15) is 17.4 Å². The molecule has 0 aliphatic heterocycles. The van der Waals surface area contributed by atoms with Crippen molar-refractivity contribution in [1.82, 2.24) is 0 Å². The SMILES string of the molecule is Oc1cc(C(F)(F)F)ccc1-c1cc(F)cc(F)c1. The summed E-state index contributed by atoms with van der Waals surface area (Å²) in [6.45, 7) is 0. The summed E-state index contributed by atoms with van der Waals surface area (Å²) in [6.07, 6.45) is -4.59. The van der Waals surface area contributed by atoms with Crippen molar-refractivity contribution in [2.75, 3.05) is 0 Å². The van der Waals surface area contributed by atoms with Gasteiger partial charge in [0, 0.05) is 11.6 Å². The fourth-order valence-corrected chi connectivity index (χ4v) is 1.66. The molecule has 0 bridgehead atoms. The Morgan fingerprint density at radius 3 is 1.89 bits per heavy atom. The molecule has 2 aromatic carbocycles. The summed E-state index contributed by atoms with van der Waals surface area (Å²) in [5.41, 5.74) is -1.15. The molecule has 19 heavy (non-hydrogen) atoms. The molecule has 0 saturated heterocycles. The zero-order valence-electron chi connectivity index (χ0n) is 9.30. The van der Waals surface area contributed by atoms with E-state index in [2.05, 4.69) is 0 Å². The molecule has 0 radical (unpaired) electrons. The van der Waals surface area contributed by atoms with Crippen molar-refractivity contribution >= 4 is 0 Å². The van der Waals surface area contributed by atoms with Crippen molar-refractivity contribution < 1.29 is 27.1 Å². The predicted octanol–water partition coefficient (Wildman–Crippen LogP) is 4.36. The van der Waals surface area contributed by atoms with Gasteiger partial charge in [0.2, 0.25) is 0 Å². The molecule has 0 unspecified atom stereocenters. The van der Waals surface area contributed by atoms with Crippen molar-refractivity contribution in [3.63, 3.8) is 0 Å². The van der Waals surface area contributed by atoms with Gasteiger partial charge in [-0.2, -0.15) is 13.2 Å². The van der Waals surface area contributed by atoms with Crippen molar-refractivity contribution in [3.8, 4) is 16.9 Å². The van der Waals surface area contributed by atoms with E-state index in [0.717, 1.165) is 24.3 Å². The van der Waals surface area contributed by atoms with Gasteiger partial charge in [-0.3, -0.25) is 0 Å². The van der Waals surface area contributed by atoms with Crippen LogP contribution in [-0.4, -0.2) is 5.11 Å². The lowest BCUT2D eigenvalue weighted by Crippen LogP contribution is -2.04. The zero-order chi connectivity index (χ0) is 14.2. The second-order valence-electron chi connectivity index (χ2n) is 3.89.